The molecule has 0 bridgehead atoms. The molecular formula is C10H18O3S. The average molecular weight is 218 g/mol. The van der Waals surface area contributed by atoms with Crippen LogP contribution in [0.5, 0.6) is 0 Å². The summed E-state index contributed by atoms with van der Waals surface area (Å²) < 4.78 is 15.1. The first-order chi connectivity index (χ1) is 6.91. The molecule has 82 valence electrons. The molecule has 0 spiro atoms. The standard InChI is InChI=1S/C10H18O3S/c1-3-11-5-6-13-8-10-14-9-7-12-4-2/h3-4H,1-2,5-10H2. The fourth-order valence-electron chi connectivity index (χ4n) is 0.703. The van der Waals surface area contributed by atoms with Crippen LogP contribution in [0.15, 0.2) is 25.7 Å². The Hall–Kier alpha value is -0.610. The maximum absolute atomic E-state index is 5.29. The van der Waals surface area contributed by atoms with Crippen LogP contribution in [0.25, 0.3) is 0 Å². The first-order valence-electron chi connectivity index (χ1n) is 4.52. The van der Waals surface area contributed by atoms with Gasteiger partial charge in [0.2, 0.25) is 0 Å². The van der Waals surface area contributed by atoms with Gasteiger partial charge in [0.1, 0.15) is 6.61 Å². The molecule has 0 rings (SSSR count). The van der Waals surface area contributed by atoms with Crippen molar-refractivity contribution in [1.82, 2.24) is 0 Å². The molecule has 0 saturated carbocycles. The summed E-state index contributed by atoms with van der Waals surface area (Å²) in [7, 11) is 0. The molecule has 0 N–H and O–H groups in total. The molecule has 0 aliphatic rings. The van der Waals surface area contributed by atoms with E-state index in [4.69, 9.17) is 14.2 Å². The van der Waals surface area contributed by atoms with Crippen LogP contribution in [0.1, 0.15) is 0 Å². The Balaban J connectivity index is 2.84. The highest BCUT2D eigenvalue weighted by Crippen LogP contribution is 1.99. The highest BCUT2D eigenvalue weighted by atomic mass is 32.2. The second-order valence-corrected chi connectivity index (χ2v) is 3.52. The Labute approximate surface area is 90.1 Å². The molecule has 3 nitrogen and oxygen atoms in total. The van der Waals surface area contributed by atoms with Crippen LogP contribution in [0, 0.1) is 0 Å². The number of rotatable bonds is 11. The van der Waals surface area contributed by atoms with E-state index in [1.165, 1.54) is 12.5 Å². The van der Waals surface area contributed by atoms with Gasteiger partial charge in [-0.2, -0.15) is 11.8 Å². The van der Waals surface area contributed by atoms with Gasteiger partial charge < -0.3 is 14.2 Å². The van der Waals surface area contributed by atoms with Crippen LogP contribution >= 0.6 is 11.8 Å². The topological polar surface area (TPSA) is 27.7 Å². The van der Waals surface area contributed by atoms with Gasteiger partial charge in [-0.25, -0.2) is 0 Å². The third kappa shape index (κ3) is 11.4. The lowest BCUT2D eigenvalue weighted by atomic mass is 10.7. The molecule has 0 aromatic rings. The summed E-state index contributed by atoms with van der Waals surface area (Å²) in [6.45, 7) is 9.55. The lowest BCUT2D eigenvalue weighted by Gasteiger charge is -2.04. The smallest absolute Gasteiger partial charge is 0.111 e. The van der Waals surface area contributed by atoms with Gasteiger partial charge in [-0.15, -0.1) is 0 Å². The maximum atomic E-state index is 5.29. The van der Waals surface area contributed by atoms with Crippen molar-refractivity contribution in [3.05, 3.63) is 25.7 Å². The summed E-state index contributed by atoms with van der Waals surface area (Å²) in [5.74, 6) is 1.95. The van der Waals surface area contributed by atoms with Crippen LogP contribution < -0.4 is 0 Å². The molecule has 14 heavy (non-hydrogen) atoms. The normalized spacial score (nSPS) is 9.43. The monoisotopic (exact) mass is 218 g/mol. The molecule has 0 heterocycles. The van der Waals surface area contributed by atoms with Crippen LogP contribution in [-0.4, -0.2) is 37.9 Å². The minimum Gasteiger partial charge on any atom is -0.501 e. The van der Waals surface area contributed by atoms with E-state index in [1.54, 1.807) is 11.8 Å². The maximum Gasteiger partial charge on any atom is 0.111 e. The third-order valence-corrected chi connectivity index (χ3v) is 2.21. The van der Waals surface area contributed by atoms with Gasteiger partial charge in [0.25, 0.3) is 0 Å². The van der Waals surface area contributed by atoms with E-state index < -0.39 is 0 Å². The van der Waals surface area contributed by atoms with Crippen molar-refractivity contribution in [3.63, 3.8) is 0 Å². The Morgan fingerprint density at radius 3 is 2.21 bits per heavy atom. The van der Waals surface area contributed by atoms with Gasteiger partial charge in [0.15, 0.2) is 0 Å². The number of ether oxygens (including phenoxy) is 3. The SMILES string of the molecule is C=COCCOCCSCCOC=C. The highest BCUT2D eigenvalue weighted by molar-refractivity contribution is 7.99. The quantitative estimate of drug-likeness (QED) is 0.392. The van der Waals surface area contributed by atoms with Gasteiger partial charge in [-0.3, -0.25) is 0 Å². The van der Waals surface area contributed by atoms with E-state index in [0.717, 1.165) is 18.1 Å². The van der Waals surface area contributed by atoms with Crippen LogP contribution in [0.2, 0.25) is 0 Å². The average Bonchev–Trinajstić information content (AvgIpc) is 2.21. The first-order valence-corrected chi connectivity index (χ1v) is 5.67. The molecular weight excluding hydrogens is 200 g/mol. The van der Waals surface area contributed by atoms with Gasteiger partial charge in [0, 0.05) is 11.5 Å². The third-order valence-electron chi connectivity index (χ3n) is 1.30. The van der Waals surface area contributed by atoms with Crippen LogP contribution in [-0.2, 0) is 14.2 Å². The van der Waals surface area contributed by atoms with Gasteiger partial charge >= 0.3 is 0 Å². The van der Waals surface area contributed by atoms with Crippen molar-refractivity contribution >= 4 is 11.8 Å². The van der Waals surface area contributed by atoms with E-state index in [2.05, 4.69) is 13.2 Å². The largest absolute Gasteiger partial charge is 0.501 e. The van der Waals surface area contributed by atoms with E-state index in [0.29, 0.717) is 19.8 Å². The summed E-state index contributed by atoms with van der Waals surface area (Å²) in [5, 5.41) is 0. The molecule has 0 amide bonds. The Bertz CT molecular complexity index is 123. The molecule has 0 aliphatic heterocycles. The Morgan fingerprint density at radius 1 is 0.857 bits per heavy atom. The van der Waals surface area contributed by atoms with Gasteiger partial charge in [0.05, 0.1) is 32.3 Å². The molecule has 0 aliphatic carbocycles. The van der Waals surface area contributed by atoms with E-state index >= 15 is 0 Å². The van der Waals surface area contributed by atoms with E-state index in [-0.39, 0.29) is 0 Å². The minimum absolute atomic E-state index is 0.577. The summed E-state index contributed by atoms with van der Waals surface area (Å²) in [4.78, 5) is 0. The van der Waals surface area contributed by atoms with E-state index in [1.807, 2.05) is 0 Å². The van der Waals surface area contributed by atoms with Crippen LogP contribution in [0.4, 0.5) is 0 Å². The summed E-state index contributed by atoms with van der Waals surface area (Å²) >= 11 is 1.80. The number of hydrogen-bond donors (Lipinski definition) is 0. The van der Waals surface area contributed by atoms with Crippen molar-refractivity contribution < 1.29 is 14.2 Å². The molecule has 0 aromatic carbocycles. The van der Waals surface area contributed by atoms with Gasteiger partial charge in [-0.1, -0.05) is 13.2 Å². The van der Waals surface area contributed by atoms with Crippen molar-refractivity contribution in [3.8, 4) is 0 Å². The lowest BCUT2D eigenvalue weighted by molar-refractivity contribution is 0.0951. The zero-order valence-corrected chi connectivity index (χ0v) is 9.26. The van der Waals surface area contributed by atoms with Crippen LogP contribution in [0.3, 0.4) is 0 Å². The zero-order valence-electron chi connectivity index (χ0n) is 8.44. The molecule has 0 atom stereocenters. The zero-order chi connectivity index (χ0) is 10.5. The second kappa shape index (κ2) is 12.4. The van der Waals surface area contributed by atoms with E-state index in [9.17, 15) is 0 Å². The Kier molecular flexibility index (Phi) is 11.9. The highest BCUT2D eigenvalue weighted by Gasteiger charge is 1.90. The molecule has 0 unspecified atom stereocenters. The number of thioether (sulfide) groups is 1. The summed E-state index contributed by atoms with van der Waals surface area (Å²) in [6, 6.07) is 0. The fourth-order valence-corrected chi connectivity index (χ4v) is 1.36. The van der Waals surface area contributed by atoms with Gasteiger partial charge in [-0.05, 0) is 0 Å². The molecule has 0 aromatic heterocycles. The second-order valence-electron chi connectivity index (χ2n) is 2.30. The minimum atomic E-state index is 0.577. The lowest BCUT2D eigenvalue weighted by Crippen LogP contribution is -2.05. The predicted octanol–water partition coefficient (Wildman–Crippen LogP) is 2.06. The Morgan fingerprint density at radius 2 is 1.50 bits per heavy atom. The van der Waals surface area contributed by atoms with Crippen molar-refractivity contribution in [1.29, 1.82) is 0 Å². The van der Waals surface area contributed by atoms with Crippen molar-refractivity contribution in [2.45, 2.75) is 0 Å². The number of hydrogen-bond acceptors (Lipinski definition) is 4. The summed E-state index contributed by atoms with van der Waals surface area (Å²) in [6.07, 6.45) is 2.88. The van der Waals surface area contributed by atoms with Crippen molar-refractivity contribution in [2.24, 2.45) is 0 Å². The molecule has 0 fully saturated rings. The molecule has 0 radical (unpaired) electrons. The molecule has 0 saturated heterocycles. The predicted molar refractivity (Wildman–Crippen MR) is 60.4 cm³/mol. The van der Waals surface area contributed by atoms with Crippen molar-refractivity contribution in [2.75, 3.05) is 37.9 Å². The first kappa shape index (κ1) is 13.4. The molecule has 4 heteroatoms. The summed E-state index contributed by atoms with van der Waals surface area (Å²) in [5.41, 5.74) is 0. The fraction of sp³-hybridized carbons (Fsp3) is 0.600.